The van der Waals surface area contributed by atoms with E-state index in [4.69, 9.17) is 11.5 Å². The first-order valence-corrected chi connectivity index (χ1v) is 12.3. The van der Waals surface area contributed by atoms with E-state index >= 15 is 0 Å². The summed E-state index contributed by atoms with van der Waals surface area (Å²) in [7, 11) is 0. The monoisotopic (exact) mass is 492 g/mol. The maximum absolute atomic E-state index is 13.4. The second kappa shape index (κ2) is 8.95. The Labute approximate surface area is 212 Å². The average molecular weight is 493 g/mol. The summed E-state index contributed by atoms with van der Waals surface area (Å²) >= 11 is 1.16. The number of aryl methyl sites for hydroxylation is 1. The van der Waals surface area contributed by atoms with E-state index in [9.17, 15) is 10.1 Å². The minimum Gasteiger partial charge on any atom is -0.397 e. The zero-order chi connectivity index (χ0) is 25.6. The molecule has 1 amide bonds. The molecule has 3 aromatic heterocycles. The highest BCUT2D eigenvalue weighted by molar-refractivity contribution is 7.21. The molecule has 5 rings (SSSR count). The Morgan fingerprint density at radius 2 is 1.81 bits per heavy atom. The third kappa shape index (κ3) is 3.89. The number of carbonyl (C=O) groups is 1. The number of nitrogens with one attached hydrogen (secondary N) is 1. The van der Waals surface area contributed by atoms with Crippen LogP contribution in [-0.2, 0) is 0 Å². The van der Waals surface area contributed by atoms with Crippen molar-refractivity contribution in [3.8, 4) is 17.2 Å². The van der Waals surface area contributed by atoms with Crippen molar-refractivity contribution >= 4 is 55.6 Å². The van der Waals surface area contributed by atoms with Crippen molar-refractivity contribution in [3.63, 3.8) is 0 Å². The van der Waals surface area contributed by atoms with E-state index in [0.717, 1.165) is 33.5 Å². The lowest BCUT2D eigenvalue weighted by Gasteiger charge is -2.12. The number of hydrogen-bond donors (Lipinski definition) is 3. The van der Waals surface area contributed by atoms with Crippen molar-refractivity contribution < 1.29 is 4.79 Å². The van der Waals surface area contributed by atoms with Gasteiger partial charge in [-0.3, -0.25) is 9.78 Å². The normalized spacial score (nSPS) is 11.2. The lowest BCUT2D eigenvalue weighted by Crippen LogP contribution is -2.12. The molecule has 7 nitrogen and oxygen atoms in total. The summed E-state index contributed by atoms with van der Waals surface area (Å²) in [6, 6.07) is 19.6. The molecule has 5 aromatic rings. The number of benzene rings is 2. The van der Waals surface area contributed by atoms with Crippen LogP contribution in [0, 0.1) is 18.3 Å². The molecular weight excluding hydrogens is 468 g/mol. The van der Waals surface area contributed by atoms with Gasteiger partial charge in [0.2, 0.25) is 0 Å². The number of aromatic nitrogens is 2. The van der Waals surface area contributed by atoms with Crippen LogP contribution >= 0.6 is 11.3 Å². The molecule has 0 bridgehead atoms. The first-order chi connectivity index (χ1) is 17.3. The number of pyridine rings is 2. The number of hydrogen-bond acceptors (Lipinski definition) is 7. The number of anilines is 3. The fourth-order valence-electron chi connectivity index (χ4n) is 4.37. The minimum atomic E-state index is -0.357. The first kappa shape index (κ1) is 23.3. The Balaban J connectivity index is 1.65. The van der Waals surface area contributed by atoms with Crippen molar-refractivity contribution in [3.05, 3.63) is 76.3 Å². The van der Waals surface area contributed by atoms with Crippen LogP contribution < -0.4 is 16.8 Å². The lowest BCUT2D eigenvalue weighted by molar-refractivity contribution is 0.103. The highest BCUT2D eigenvalue weighted by atomic mass is 32.1. The van der Waals surface area contributed by atoms with Gasteiger partial charge in [-0.1, -0.05) is 56.3 Å². The maximum Gasteiger partial charge on any atom is 0.267 e. The van der Waals surface area contributed by atoms with Crippen LogP contribution in [0.15, 0.2) is 54.6 Å². The van der Waals surface area contributed by atoms with E-state index < -0.39 is 0 Å². The molecular formula is C28H24N6OS. The highest BCUT2D eigenvalue weighted by Crippen LogP contribution is 2.43. The van der Waals surface area contributed by atoms with Crippen molar-refractivity contribution in [1.29, 1.82) is 5.26 Å². The highest BCUT2D eigenvalue weighted by Gasteiger charge is 2.25. The van der Waals surface area contributed by atoms with Crippen LogP contribution in [0.1, 0.15) is 46.3 Å². The van der Waals surface area contributed by atoms with Crippen LogP contribution in [0.5, 0.6) is 0 Å². The first-order valence-electron chi connectivity index (χ1n) is 11.5. The third-order valence-electron chi connectivity index (χ3n) is 6.18. The van der Waals surface area contributed by atoms with Crippen LogP contribution in [0.4, 0.5) is 17.2 Å². The summed E-state index contributed by atoms with van der Waals surface area (Å²) in [5.74, 6) is 0.118. The second-order valence-corrected chi connectivity index (χ2v) is 9.94. The van der Waals surface area contributed by atoms with Crippen molar-refractivity contribution in [2.24, 2.45) is 0 Å². The number of thiophene rings is 1. The number of nitrogen functional groups attached to an aromatic ring is 2. The summed E-state index contributed by atoms with van der Waals surface area (Å²) in [5, 5.41) is 14.3. The predicted molar refractivity (Wildman–Crippen MR) is 147 cm³/mol. The zero-order valence-electron chi connectivity index (χ0n) is 20.1. The minimum absolute atomic E-state index is 0.108. The molecule has 0 aliphatic heterocycles. The molecule has 0 fully saturated rings. The summed E-state index contributed by atoms with van der Waals surface area (Å²) in [6.07, 6.45) is 0. The molecule has 0 aliphatic rings. The molecule has 36 heavy (non-hydrogen) atoms. The number of nitrogens with zero attached hydrogens (tertiary/aromatic N) is 3. The summed E-state index contributed by atoms with van der Waals surface area (Å²) in [5.41, 5.74) is 18.0. The Kier molecular flexibility index (Phi) is 5.78. The summed E-state index contributed by atoms with van der Waals surface area (Å²) < 4.78 is 0. The number of nitriles is 1. The summed E-state index contributed by atoms with van der Waals surface area (Å²) in [6.45, 7) is 6.12. The number of nitrogens with two attached hydrogens (primary N) is 2. The molecule has 0 saturated carbocycles. The lowest BCUT2D eigenvalue weighted by atomic mass is 9.94. The molecule has 0 radical (unpaired) electrons. The fraction of sp³-hybridized carbons (Fsp3) is 0.143. The zero-order valence-corrected chi connectivity index (χ0v) is 20.9. The number of fused-ring (bicyclic) bond motifs is 2. The number of amides is 1. The third-order valence-corrected chi connectivity index (χ3v) is 7.28. The largest absolute Gasteiger partial charge is 0.397 e. The molecule has 5 N–H and O–H groups in total. The van der Waals surface area contributed by atoms with Gasteiger partial charge in [0.25, 0.3) is 5.91 Å². The van der Waals surface area contributed by atoms with E-state index in [0.29, 0.717) is 32.3 Å². The fourth-order valence-corrected chi connectivity index (χ4v) is 5.37. The Hall–Kier alpha value is -4.48. The van der Waals surface area contributed by atoms with Crippen LogP contribution in [0.2, 0.25) is 0 Å². The van der Waals surface area contributed by atoms with Gasteiger partial charge in [0, 0.05) is 22.0 Å². The smallest absolute Gasteiger partial charge is 0.267 e. The number of rotatable bonds is 4. The maximum atomic E-state index is 13.4. The van der Waals surface area contributed by atoms with Crippen molar-refractivity contribution in [1.82, 2.24) is 9.97 Å². The SMILES string of the molecule is Cc1cc(NC(=O)c2sc3nc(N)c(C#N)c(-c4ccc(C(C)C)cc4)c3c2N)c2ccccc2n1. The van der Waals surface area contributed by atoms with Crippen LogP contribution in [0.25, 0.3) is 32.2 Å². The summed E-state index contributed by atoms with van der Waals surface area (Å²) in [4.78, 5) is 23.2. The van der Waals surface area contributed by atoms with E-state index in [-0.39, 0.29) is 23.0 Å². The van der Waals surface area contributed by atoms with Gasteiger partial charge in [-0.05, 0) is 36.1 Å². The van der Waals surface area contributed by atoms with E-state index in [2.05, 4.69) is 35.2 Å². The molecule has 0 unspecified atom stereocenters. The quantitative estimate of drug-likeness (QED) is 0.272. The molecule has 0 atom stereocenters. The molecule has 8 heteroatoms. The number of para-hydroxylation sites is 1. The van der Waals surface area contributed by atoms with Gasteiger partial charge in [-0.25, -0.2) is 4.98 Å². The Morgan fingerprint density at radius 1 is 1.08 bits per heavy atom. The standard InChI is InChI=1S/C28H24N6OS/c1-14(2)16-8-10-17(11-9-16)22-19(13-29)26(31)34-28-23(22)24(30)25(36-28)27(35)33-21-12-15(3)32-20-7-5-4-6-18(20)21/h4-12,14H,30H2,1-3H3,(H2,31,34)(H,32,33,35). The van der Waals surface area contributed by atoms with Crippen molar-refractivity contribution in [2.45, 2.75) is 26.7 Å². The van der Waals surface area contributed by atoms with Crippen LogP contribution in [-0.4, -0.2) is 15.9 Å². The molecule has 0 saturated heterocycles. The van der Waals surface area contributed by atoms with Gasteiger partial charge < -0.3 is 16.8 Å². The van der Waals surface area contributed by atoms with Crippen LogP contribution in [0.3, 0.4) is 0 Å². The molecule has 3 heterocycles. The molecule has 178 valence electrons. The van der Waals surface area contributed by atoms with E-state index in [1.807, 2.05) is 61.5 Å². The van der Waals surface area contributed by atoms with Gasteiger partial charge in [0.05, 0.1) is 16.9 Å². The van der Waals surface area contributed by atoms with Gasteiger partial charge in [0.15, 0.2) is 0 Å². The average Bonchev–Trinajstić information content (AvgIpc) is 3.18. The van der Waals surface area contributed by atoms with Gasteiger partial charge in [0.1, 0.15) is 27.2 Å². The van der Waals surface area contributed by atoms with Gasteiger partial charge in [-0.15, -0.1) is 11.3 Å². The van der Waals surface area contributed by atoms with E-state index in [1.165, 1.54) is 5.56 Å². The Morgan fingerprint density at radius 3 is 2.50 bits per heavy atom. The molecule has 0 spiro atoms. The molecule has 0 aliphatic carbocycles. The molecule has 2 aromatic carbocycles. The van der Waals surface area contributed by atoms with E-state index in [1.54, 1.807) is 0 Å². The Bertz CT molecular complexity index is 1700. The van der Waals surface area contributed by atoms with Gasteiger partial charge >= 0.3 is 0 Å². The predicted octanol–water partition coefficient (Wildman–Crippen LogP) is 6.23. The second-order valence-electron chi connectivity index (χ2n) is 8.94. The van der Waals surface area contributed by atoms with Crippen molar-refractivity contribution in [2.75, 3.05) is 16.8 Å². The number of carbonyl (C=O) groups excluding carboxylic acids is 1. The van der Waals surface area contributed by atoms with Gasteiger partial charge in [-0.2, -0.15) is 5.26 Å². The topological polar surface area (TPSA) is 131 Å².